The molecular weight excluding hydrogens is 351 g/mol. The Kier molecular flexibility index (Phi) is 4.11. The monoisotopic (exact) mass is 366 g/mol. The van der Waals surface area contributed by atoms with Gasteiger partial charge in [-0.15, -0.1) is 0 Å². The molecule has 1 aromatic heterocycles. The molecule has 4 nitrogen and oxygen atoms in total. The lowest BCUT2D eigenvalue weighted by Gasteiger charge is -2.36. The maximum atomic E-state index is 13.4. The fourth-order valence-corrected chi connectivity index (χ4v) is 3.13. The van der Waals surface area contributed by atoms with Crippen molar-refractivity contribution in [1.29, 1.82) is 0 Å². The second-order valence-electron chi connectivity index (χ2n) is 6.05. The smallest absolute Gasteiger partial charge is 0.155 e. The van der Waals surface area contributed by atoms with Gasteiger partial charge in [0.2, 0.25) is 0 Å². The molecule has 0 bridgehead atoms. The van der Waals surface area contributed by atoms with Crippen LogP contribution in [0.5, 0.6) is 0 Å². The number of anilines is 1. The minimum absolute atomic E-state index is 0.306. The molecule has 26 heavy (non-hydrogen) atoms. The predicted octanol–water partition coefficient (Wildman–Crippen LogP) is 4.05. The number of halogens is 2. The van der Waals surface area contributed by atoms with E-state index in [-0.39, 0.29) is 5.82 Å². The third kappa shape index (κ3) is 2.92. The highest BCUT2D eigenvalue weighted by Crippen LogP contribution is 2.36. The van der Waals surface area contributed by atoms with Crippen LogP contribution in [0.4, 0.5) is 10.1 Å². The summed E-state index contributed by atoms with van der Waals surface area (Å²) < 4.78 is 13.4. The van der Waals surface area contributed by atoms with Gasteiger partial charge in [-0.3, -0.25) is 21.2 Å². The molecule has 0 spiro atoms. The van der Waals surface area contributed by atoms with Gasteiger partial charge in [-0.1, -0.05) is 23.7 Å². The maximum absolute atomic E-state index is 13.4. The molecule has 2 heterocycles. The Morgan fingerprint density at radius 1 is 0.962 bits per heavy atom. The van der Waals surface area contributed by atoms with Crippen LogP contribution in [-0.2, 0) is 5.66 Å². The zero-order valence-corrected chi connectivity index (χ0v) is 14.5. The van der Waals surface area contributed by atoms with Crippen molar-refractivity contribution in [3.8, 4) is 0 Å². The average Bonchev–Trinajstić information content (AvgIpc) is 3.02. The Labute approximate surface area is 155 Å². The van der Waals surface area contributed by atoms with Crippen molar-refractivity contribution < 1.29 is 4.39 Å². The normalized spacial score (nSPS) is 19.2. The van der Waals surface area contributed by atoms with Crippen LogP contribution in [0, 0.1) is 5.82 Å². The minimum Gasteiger partial charge on any atom is -0.300 e. The summed E-state index contributed by atoms with van der Waals surface area (Å²) in [4.78, 5) is 4.05. The van der Waals surface area contributed by atoms with Gasteiger partial charge in [-0.2, -0.15) is 0 Å². The van der Waals surface area contributed by atoms with Gasteiger partial charge in [0.05, 0.1) is 11.4 Å². The third-order valence-corrected chi connectivity index (χ3v) is 4.60. The second-order valence-corrected chi connectivity index (χ2v) is 6.49. The number of pyridine rings is 1. The van der Waals surface area contributed by atoms with Crippen LogP contribution in [0.25, 0.3) is 5.70 Å². The van der Waals surface area contributed by atoms with E-state index in [9.17, 15) is 4.39 Å². The molecule has 0 amide bonds. The lowest BCUT2D eigenvalue weighted by atomic mass is 9.98. The Balaban J connectivity index is 1.82. The molecule has 1 unspecified atom stereocenters. The Hall–Kier alpha value is -2.89. The molecule has 3 aromatic rings. The highest BCUT2D eigenvalue weighted by molar-refractivity contribution is 6.30. The van der Waals surface area contributed by atoms with E-state index in [1.54, 1.807) is 36.7 Å². The fourth-order valence-electron chi connectivity index (χ4n) is 3.01. The van der Waals surface area contributed by atoms with E-state index in [0.717, 1.165) is 22.5 Å². The quantitative estimate of drug-likeness (QED) is 0.734. The summed E-state index contributed by atoms with van der Waals surface area (Å²) in [6, 6.07) is 17.3. The molecule has 1 aliphatic heterocycles. The summed E-state index contributed by atoms with van der Waals surface area (Å²) in [6.07, 6.45) is 5.36. The number of aromatic nitrogens is 1. The number of nitrogens with zero attached hydrogens (tertiary/aromatic N) is 2. The van der Waals surface area contributed by atoms with Crippen LogP contribution < -0.4 is 16.2 Å². The largest absolute Gasteiger partial charge is 0.300 e. The Morgan fingerprint density at radius 2 is 1.62 bits per heavy atom. The number of hydrogen-bond acceptors (Lipinski definition) is 4. The van der Waals surface area contributed by atoms with E-state index in [4.69, 9.17) is 17.3 Å². The summed E-state index contributed by atoms with van der Waals surface area (Å²) in [5.74, 6) is -0.306. The first kappa shape index (κ1) is 16.6. The number of rotatable bonds is 3. The highest BCUT2D eigenvalue weighted by atomic mass is 35.5. The maximum Gasteiger partial charge on any atom is 0.155 e. The molecule has 1 atom stereocenters. The molecule has 1 aliphatic rings. The summed E-state index contributed by atoms with van der Waals surface area (Å²) >= 11 is 6.02. The second kappa shape index (κ2) is 6.44. The van der Waals surface area contributed by atoms with Crippen molar-refractivity contribution in [3.05, 3.63) is 101 Å². The van der Waals surface area contributed by atoms with E-state index < -0.39 is 5.66 Å². The molecular formula is C20H16ClFN4. The Bertz CT molecular complexity index is 942. The number of nitrogens with one attached hydrogen (secondary N) is 1. The van der Waals surface area contributed by atoms with Crippen molar-refractivity contribution in [2.45, 2.75) is 5.66 Å². The van der Waals surface area contributed by atoms with Crippen molar-refractivity contribution in [1.82, 2.24) is 10.4 Å². The van der Waals surface area contributed by atoms with Crippen LogP contribution in [0.3, 0.4) is 0 Å². The standard InChI is InChI=1S/C20H16ClFN4/c21-16-3-7-18(8-4-16)26-20(23,15-1-5-17(22)6-2-15)13-19(25-26)14-9-11-24-12-10-14/h1-13,25H,23H2. The molecule has 0 fully saturated rings. The molecule has 130 valence electrons. The summed E-state index contributed by atoms with van der Waals surface area (Å²) in [5.41, 5.74) is 12.5. The zero-order chi connectivity index (χ0) is 18.1. The van der Waals surface area contributed by atoms with Crippen molar-refractivity contribution in [2.75, 3.05) is 5.01 Å². The Morgan fingerprint density at radius 3 is 2.27 bits per heavy atom. The number of hydrazine groups is 1. The molecule has 2 aromatic carbocycles. The van der Waals surface area contributed by atoms with Gasteiger partial charge in [-0.25, -0.2) is 4.39 Å². The number of nitrogens with two attached hydrogens (primary N) is 1. The van der Waals surface area contributed by atoms with Crippen LogP contribution in [-0.4, -0.2) is 4.98 Å². The topological polar surface area (TPSA) is 54.2 Å². The molecule has 6 heteroatoms. The summed E-state index contributed by atoms with van der Waals surface area (Å²) in [5, 5.41) is 2.48. The molecule has 0 aliphatic carbocycles. The first-order valence-electron chi connectivity index (χ1n) is 8.07. The minimum atomic E-state index is -1.000. The lowest BCUT2D eigenvalue weighted by molar-refractivity contribution is 0.516. The van der Waals surface area contributed by atoms with Gasteiger partial charge in [0.1, 0.15) is 5.82 Å². The first-order chi connectivity index (χ1) is 12.6. The number of hydrogen-bond donors (Lipinski definition) is 2. The molecule has 0 radical (unpaired) electrons. The fraction of sp³-hybridized carbons (Fsp3) is 0.0500. The van der Waals surface area contributed by atoms with Crippen LogP contribution in [0.1, 0.15) is 11.1 Å². The lowest BCUT2D eigenvalue weighted by Crippen LogP contribution is -2.53. The zero-order valence-electron chi connectivity index (χ0n) is 13.7. The van der Waals surface area contributed by atoms with Gasteiger partial charge in [0.15, 0.2) is 5.66 Å². The SMILES string of the molecule is NC1(c2ccc(F)cc2)C=C(c2ccncc2)NN1c1ccc(Cl)cc1. The summed E-state index contributed by atoms with van der Waals surface area (Å²) in [6.45, 7) is 0. The highest BCUT2D eigenvalue weighted by Gasteiger charge is 2.39. The van der Waals surface area contributed by atoms with E-state index in [1.165, 1.54) is 12.1 Å². The molecule has 4 rings (SSSR count). The third-order valence-electron chi connectivity index (χ3n) is 4.35. The molecule has 0 saturated carbocycles. The molecule has 3 N–H and O–H groups in total. The van der Waals surface area contributed by atoms with Gasteiger partial charge in [0, 0.05) is 23.0 Å². The first-order valence-corrected chi connectivity index (χ1v) is 8.45. The van der Waals surface area contributed by atoms with Crippen LogP contribution in [0.15, 0.2) is 79.1 Å². The van der Waals surface area contributed by atoms with Gasteiger partial charge in [0.25, 0.3) is 0 Å². The van der Waals surface area contributed by atoms with Crippen molar-refractivity contribution in [2.24, 2.45) is 5.73 Å². The van der Waals surface area contributed by atoms with Crippen LogP contribution in [0.2, 0.25) is 5.02 Å². The molecule has 0 saturated heterocycles. The average molecular weight is 367 g/mol. The van der Waals surface area contributed by atoms with Crippen molar-refractivity contribution in [3.63, 3.8) is 0 Å². The van der Waals surface area contributed by atoms with Gasteiger partial charge in [-0.05, 0) is 60.2 Å². The van der Waals surface area contributed by atoms with E-state index in [1.807, 2.05) is 35.4 Å². The van der Waals surface area contributed by atoms with Crippen molar-refractivity contribution >= 4 is 23.0 Å². The predicted molar refractivity (Wildman–Crippen MR) is 102 cm³/mol. The van der Waals surface area contributed by atoms with E-state index >= 15 is 0 Å². The summed E-state index contributed by atoms with van der Waals surface area (Å²) in [7, 11) is 0. The van der Waals surface area contributed by atoms with E-state index in [2.05, 4.69) is 10.4 Å². The van der Waals surface area contributed by atoms with E-state index in [0.29, 0.717) is 5.02 Å². The van der Waals surface area contributed by atoms with Crippen LogP contribution >= 0.6 is 11.6 Å². The van der Waals surface area contributed by atoms with Gasteiger partial charge < -0.3 is 0 Å². The number of benzene rings is 2. The van der Waals surface area contributed by atoms with Gasteiger partial charge >= 0.3 is 0 Å².